The highest BCUT2D eigenvalue weighted by Crippen LogP contribution is 2.20. The van der Waals surface area contributed by atoms with E-state index in [4.69, 9.17) is 16.3 Å². The molecule has 0 spiro atoms. The van der Waals surface area contributed by atoms with E-state index in [-0.39, 0.29) is 5.28 Å². The second-order valence-electron chi connectivity index (χ2n) is 4.25. The fraction of sp³-hybridized carbons (Fsp3) is 0.357. The summed E-state index contributed by atoms with van der Waals surface area (Å²) in [6.45, 7) is 5.69. The molecular weight excluding hydrogens is 290 g/mol. The van der Waals surface area contributed by atoms with Gasteiger partial charge in [-0.2, -0.15) is 15.0 Å². The number of hydrogen-bond donors (Lipinski definition) is 1. The second-order valence-corrected chi connectivity index (χ2v) is 4.59. The fourth-order valence-electron chi connectivity index (χ4n) is 1.85. The first-order valence-electron chi connectivity index (χ1n) is 6.73. The second kappa shape index (κ2) is 7.08. The summed E-state index contributed by atoms with van der Waals surface area (Å²) in [5.74, 6) is 1.77. The molecule has 2 aromatic rings. The quantitative estimate of drug-likeness (QED) is 0.884. The summed E-state index contributed by atoms with van der Waals surface area (Å²) in [7, 11) is 1.63. The van der Waals surface area contributed by atoms with Crippen LogP contribution in [0.4, 0.5) is 17.6 Å². The van der Waals surface area contributed by atoms with Gasteiger partial charge in [-0.1, -0.05) is 0 Å². The number of nitrogens with zero attached hydrogens (tertiary/aromatic N) is 4. The third-order valence-corrected chi connectivity index (χ3v) is 3.16. The number of hydrogen-bond acceptors (Lipinski definition) is 6. The Bertz CT molecular complexity index is 586. The first-order valence-corrected chi connectivity index (χ1v) is 7.11. The first-order chi connectivity index (χ1) is 10.2. The molecule has 0 saturated carbocycles. The summed E-state index contributed by atoms with van der Waals surface area (Å²) in [5.41, 5.74) is 0.851. The molecule has 0 amide bonds. The molecule has 1 N–H and O–H groups in total. The highest BCUT2D eigenvalue weighted by atomic mass is 35.5. The number of anilines is 3. The van der Waals surface area contributed by atoms with Crippen LogP contribution in [-0.2, 0) is 0 Å². The van der Waals surface area contributed by atoms with Crippen LogP contribution in [0.3, 0.4) is 0 Å². The number of methoxy groups -OCH3 is 1. The van der Waals surface area contributed by atoms with Crippen LogP contribution in [0.1, 0.15) is 13.8 Å². The standard InChI is InChI=1S/C14H18ClN5O/c1-4-20(5-2)14-18-12(15)17-13(19-14)16-10-6-8-11(21-3)9-7-10/h6-9H,4-5H2,1-3H3,(H,16,17,18,19). The zero-order valence-electron chi connectivity index (χ0n) is 12.3. The van der Waals surface area contributed by atoms with E-state index >= 15 is 0 Å². The van der Waals surface area contributed by atoms with E-state index in [0.717, 1.165) is 24.5 Å². The van der Waals surface area contributed by atoms with E-state index in [2.05, 4.69) is 20.3 Å². The van der Waals surface area contributed by atoms with Crippen molar-refractivity contribution in [3.8, 4) is 5.75 Å². The molecule has 1 aromatic carbocycles. The minimum atomic E-state index is 0.169. The maximum absolute atomic E-state index is 5.97. The third kappa shape index (κ3) is 3.95. The van der Waals surface area contributed by atoms with Crippen molar-refractivity contribution in [3.05, 3.63) is 29.5 Å². The van der Waals surface area contributed by atoms with Crippen LogP contribution in [-0.4, -0.2) is 35.2 Å². The molecule has 0 radical (unpaired) electrons. The van der Waals surface area contributed by atoms with E-state index in [1.54, 1.807) is 7.11 Å². The fourth-order valence-corrected chi connectivity index (χ4v) is 2.00. The SMILES string of the molecule is CCN(CC)c1nc(Cl)nc(Nc2ccc(OC)cc2)n1. The van der Waals surface area contributed by atoms with Crippen LogP contribution in [0, 0.1) is 0 Å². The molecule has 0 bridgehead atoms. The highest BCUT2D eigenvalue weighted by molar-refractivity contribution is 6.28. The van der Waals surface area contributed by atoms with E-state index in [9.17, 15) is 0 Å². The lowest BCUT2D eigenvalue weighted by atomic mass is 10.3. The molecule has 112 valence electrons. The summed E-state index contributed by atoms with van der Waals surface area (Å²) in [6, 6.07) is 7.48. The average molecular weight is 308 g/mol. The summed E-state index contributed by atoms with van der Waals surface area (Å²) in [4.78, 5) is 14.6. The van der Waals surface area contributed by atoms with Crippen LogP contribution < -0.4 is 15.0 Å². The van der Waals surface area contributed by atoms with Crippen LogP contribution in [0.2, 0.25) is 5.28 Å². The van der Waals surface area contributed by atoms with E-state index in [1.165, 1.54) is 0 Å². The Labute approximate surface area is 129 Å². The van der Waals surface area contributed by atoms with E-state index in [0.29, 0.717) is 11.9 Å². The zero-order valence-corrected chi connectivity index (χ0v) is 13.1. The van der Waals surface area contributed by atoms with Gasteiger partial charge in [0.1, 0.15) is 5.75 Å². The molecule has 7 heteroatoms. The molecule has 2 rings (SSSR count). The number of nitrogens with one attached hydrogen (secondary N) is 1. The molecule has 0 unspecified atom stereocenters. The highest BCUT2D eigenvalue weighted by Gasteiger charge is 2.10. The van der Waals surface area contributed by atoms with Gasteiger partial charge in [0, 0.05) is 18.8 Å². The lowest BCUT2D eigenvalue weighted by Gasteiger charge is -2.18. The Hall–Kier alpha value is -2.08. The Balaban J connectivity index is 2.22. The molecule has 0 saturated heterocycles. The molecule has 1 heterocycles. The van der Waals surface area contributed by atoms with Crippen LogP contribution in [0.5, 0.6) is 5.75 Å². The average Bonchev–Trinajstić information content (AvgIpc) is 2.49. The largest absolute Gasteiger partial charge is 0.497 e. The van der Waals surface area contributed by atoms with E-state index < -0.39 is 0 Å². The molecule has 0 aliphatic rings. The number of ether oxygens (including phenoxy) is 1. The van der Waals surface area contributed by atoms with E-state index in [1.807, 2.05) is 43.0 Å². The number of benzene rings is 1. The maximum atomic E-state index is 5.97. The van der Waals surface area contributed by atoms with Gasteiger partial charge in [0.05, 0.1) is 7.11 Å². The summed E-state index contributed by atoms with van der Waals surface area (Å²) < 4.78 is 5.12. The maximum Gasteiger partial charge on any atom is 0.233 e. The van der Waals surface area contributed by atoms with Gasteiger partial charge in [-0.15, -0.1) is 0 Å². The van der Waals surface area contributed by atoms with Gasteiger partial charge in [-0.25, -0.2) is 0 Å². The molecule has 21 heavy (non-hydrogen) atoms. The Morgan fingerprint density at radius 1 is 1.10 bits per heavy atom. The lowest BCUT2D eigenvalue weighted by molar-refractivity contribution is 0.415. The molecule has 0 aliphatic carbocycles. The normalized spacial score (nSPS) is 10.3. The predicted molar refractivity (Wildman–Crippen MR) is 84.7 cm³/mol. The summed E-state index contributed by atoms with van der Waals surface area (Å²) in [5, 5.41) is 3.28. The van der Waals surface area contributed by atoms with Gasteiger partial charge >= 0.3 is 0 Å². The van der Waals surface area contributed by atoms with Crippen LogP contribution in [0.15, 0.2) is 24.3 Å². The lowest BCUT2D eigenvalue weighted by Crippen LogP contribution is -2.24. The third-order valence-electron chi connectivity index (χ3n) is 2.99. The topological polar surface area (TPSA) is 63.2 Å². The Kier molecular flexibility index (Phi) is 5.16. The molecule has 0 aliphatic heterocycles. The Morgan fingerprint density at radius 2 is 1.76 bits per heavy atom. The predicted octanol–water partition coefficient (Wildman–Crippen LogP) is 3.12. The minimum Gasteiger partial charge on any atom is -0.497 e. The van der Waals surface area contributed by atoms with Gasteiger partial charge in [0.15, 0.2) is 0 Å². The molecule has 1 aromatic heterocycles. The van der Waals surface area contributed by atoms with Gasteiger partial charge in [0.25, 0.3) is 0 Å². The summed E-state index contributed by atoms with van der Waals surface area (Å²) >= 11 is 5.97. The van der Waals surface area contributed by atoms with Crippen molar-refractivity contribution < 1.29 is 4.74 Å². The van der Waals surface area contributed by atoms with Crippen molar-refractivity contribution >= 4 is 29.2 Å². The number of halogens is 1. The van der Waals surface area contributed by atoms with Gasteiger partial charge < -0.3 is 15.0 Å². The zero-order chi connectivity index (χ0) is 15.2. The van der Waals surface area contributed by atoms with Crippen molar-refractivity contribution in [3.63, 3.8) is 0 Å². The van der Waals surface area contributed by atoms with Gasteiger partial charge in [-0.3, -0.25) is 0 Å². The van der Waals surface area contributed by atoms with Crippen LogP contribution in [0.25, 0.3) is 0 Å². The number of aromatic nitrogens is 3. The summed E-state index contributed by atoms with van der Waals surface area (Å²) in [6.07, 6.45) is 0. The van der Waals surface area contributed by atoms with Crippen LogP contribution >= 0.6 is 11.6 Å². The van der Waals surface area contributed by atoms with Crippen molar-refractivity contribution in [2.75, 3.05) is 30.4 Å². The van der Waals surface area contributed by atoms with Gasteiger partial charge in [0.2, 0.25) is 17.2 Å². The van der Waals surface area contributed by atoms with Crippen molar-refractivity contribution in [1.82, 2.24) is 15.0 Å². The molecule has 0 atom stereocenters. The molecular formula is C14H18ClN5O. The Morgan fingerprint density at radius 3 is 2.33 bits per heavy atom. The van der Waals surface area contributed by atoms with Crippen molar-refractivity contribution in [2.45, 2.75) is 13.8 Å². The van der Waals surface area contributed by atoms with Gasteiger partial charge in [-0.05, 0) is 49.7 Å². The molecule has 0 fully saturated rings. The first kappa shape index (κ1) is 15.3. The molecule has 6 nitrogen and oxygen atoms in total. The number of rotatable bonds is 6. The minimum absolute atomic E-state index is 0.169. The van der Waals surface area contributed by atoms with Crippen molar-refractivity contribution in [1.29, 1.82) is 0 Å². The smallest absolute Gasteiger partial charge is 0.233 e. The van der Waals surface area contributed by atoms with Crippen molar-refractivity contribution in [2.24, 2.45) is 0 Å². The monoisotopic (exact) mass is 307 g/mol.